The molecule has 1 atom stereocenters. The van der Waals surface area contributed by atoms with Gasteiger partial charge in [-0.05, 0) is 17.5 Å². The molecule has 1 aliphatic rings. The zero-order valence-corrected chi connectivity index (χ0v) is 15.4. The van der Waals surface area contributed by atoms with Crippen LogP contribution in [0.1, 0.15) is 17.0 Å². The Morgan fingerprint density at radius 1 is 0.964 bits per heavy atom. The van der Waals surface area contributed by atoms with Crippen molar-refractivity contribution >= 4 is 33.3 Å². The number of nitriles is 1. The Morgan fingerprint density at radius 2 is 1.71 bits per heavy atom. The van der Waals surface area contributed by atoms with Gasteiger partial charge in [-0.25, -0.2) is 4.98 Å². The van der Waals surface area contributed by atoms with Crippen LogP contribution in [0, 0.1) is 11.3 Å². The van der Waals surface area contributed by atoms with E-state index in [4.69, 9.17) is 22.1 Å². The van der Waals surface area contributed by atoms with Crippen LogP contribution in [0.4, 0.5) is 0 Å². The third-order valence-corrected chi connectivity index (χ3v) is 5.43. The van der Waals surface area contributed by atoms with Crippen molar-refractivity contribution < 1.29 is 4.74 Å². The highest BCUT2D eigenvalue weighted by atomic mass is 35.5. The number of hydrogen-bond donors (Lipinski definition) is 1. The molecule has 1 aliphatic heterocycles. The van der Waals surface area contributed by atoms with Crippen molar-refractivity contribution in [3.8, 4) is 11.8 Å². The molecule has 1 aromatic heterocycles. The van der Waals surface area contributed by atoms with E-state index in [1.807, 2.05) is 66.7 Å². The van der Waals surface area contributed by atoms with Gasteiger partial charge in [0.05, 0.1) is 11.4 Å². The topological polar surface area (TPSA) is 71.9 Å². The first-order valence-corrected chi connectivity index (χ1v) is 9.19. The predicted octanol–water partition coefficient (Wildman–Crippen LogP) is 5.26. The number of benzene rings is 3. The van der Waals surface area contributed by atoms with Gasteiger partial charge in [0, 0.05) is 21.9 Å². The summed E-state index contributed by atoms with van der Waals surface area (Å²) >= 11 is 6.57. The summed E-state index contributed by atoms with van der Waals surface area (Å²) in [6.45, 7) is 0. The van der Waals surface area contributed by atoms with Crippen LogP contribution in [-0.4, -0.2) is 4.98 Å². The summed E-state index contributed by atoms with van der Waals surface area (Å²) in [5, 5.41) is 13.1. The smallest absolute Gasteiger partial charge is 0.205 e. The number of fused-ring (bicyclic) bond motifs is 4. The summed E-state index contributed by atoms with van der Waals surface area (Å²) in [6.07, 6.45) is 0. The predicted molar refractivity (Wildman–Crippen MR) is 110 cm³/mol. The molecule has 0 aliphatic carbocycles. The number of nitrogens with zero attached hydrogens (tertiary/aromatic N) is 2. The van der Waals surface area contributed by atoms with Crippen molar-refractivity contribution in [2.45, 2.75) is 5.92 Å². The quantitative estimate of drug-likeness (QED) is 0.455. The number of ether oxygens (including phenoxy) is 1. The molecule has 0 saturated carbocycles. The van der Waals surface area contributed by atoms with E-state index in [2.05, 4.69) is 11.1 Å². The molecule has 0 radical (unpaired) electrons. The number of hydrogen-bond acceptors (Lipinski definition) is 4. The molecule has 2 N–H and O–H groups in total. The maximum Gasteiger partial charge on any atom is 0.205 e. The van der Waals surface area contributed by atoms with E-state index in [1.54, 1.807) is 0 Å². The molecule has 1 unspecified atom stereocenters. The monoisotopic (exact) mass is 383 g/mol. The SMILES string of the molecule is N#CC1=C(N)Oc2c(ccc3ccccc23)C1c1cc2ccccc2nc1Cl. The zero-order valence-electron chi connectivity index (χ0n) is 14.7. The molecule has 2 heterocycles. The number of rotatable bonds is 1. The van der Waals surface area contributed by atoms with Gasteiger partial charge in [-0.2, -0.15) is 5.26 Å². The van der Waals surface area contributed by atoms with Crippen molar-refractivity contribution in [2.24, 2.45) is 5.73 Å². The fourth-order valence-electron chi connectivity index (χ4n) is 3.82. The maximum absolute atomic E-state index is 9.80. The number of nitrogens with two attached hydrogens (primary N) is 1. The Labute approximate surface area is 166 Å². The van der Waals surface area contributed by atoms with Gasteiger partial charge in [0.2, 0.25) is 5.88 Å². The fourth-order valence-corrected chi connectivity index (χ4v) is 4.07. The Kier molecular flexibility index (Phi) is 3.71. The van der Waals surface area contributed by atoms with Crippen LogP contribution >= 0.6 is 11.6 Å². The van der Waals surface area contributed by atoms with Gasteiger partial charge < -0.3 is 10.5 Å². The molecule has 0 bridgehead atoms. The largest absolute Gasteiger partial charge is 0.440 e. The van der Waals surface area contributed by atoms with Gasteiger partial charge in [0.15, 0.2) is 0 Å². The summed E-state index contributed by atoms with van der Waals surface area (Å²) in [7, 11) is 0. The van der Waals surface area contributed by atoms with E-state index in [-0.39, 0.29) is 5.88 Å². The molecule has 134 valence electrons. The van der Waals surface area contributed by atoms with E-state index in [0.29, 0.717) is 16.5 Å². The lowest BCUT2D eigenvalue weighted by molar-refractivity contribution is 0.398. The molecule has 5 rings (SSSR count). The normalized spacial score (nSPS) is 15.9. The first-order valence-electron chi connectivity index (χ1n) is 8.82. The van der Waals surface area contributed by atoms with Crippen LogP contribution in [-0.2, 0) is 0 Å². The van der Waals surface area contributed by atoms with Gasteiger partial charge in [0.1, 0.15) is 22.5 Å². The average Bonchev–Trinajstić information content (AvgIpc) is 2.72. The fraction of sp³-hybridized carbons (Fsp3) is 0.0435. The zero-order chi connectivity index (χ0) is 19.3. The van der Waals surface area contributed by atoms with E-state index in [0.717, 1.165) is 32.8 Å². The second-order valence-corrected chi connectivity index (χ2v) is 7.05. The van der Waals surface area contributed by atoms with Crippen LogP contribution in [0.3, 0.4) is 0 Å². The van der Waals surface area contributed by atoms with Gasteiger partial charge in [-0.1, -0.05) is 66.2 Å². The van der Waals surface area contributed by atoms with Crippen molar-refractivity contribution in [1.29, 1.82) is 5.26 Å². The van der Waals surface area contributed by atoms with Crippen LogP contribution in [0.2, 0.25) is 5.15 Å². The number of aromatic nitrogens is 1. The van der Waals surface area contributed by atoms with Gasteiger partial charge in [-0.15, -0.1) is 0 Å². The van der Waals surface area contributed by atoms with Crippen molar-refractivity contribution in [3.05, 3.63) is 94.5 Å². The number of halogens is 1. The highest BCUT2D eigenvalue weighted by Crippen LogP contribution is 2.46. The molecule has 0 saturated heterocycles. The lowest BCUT2D eigenvalue weighted by Crippen LogP contribution is -2.21. The van der Waals surface area contributed by atoms with Gasteiger partial charge in [-0.3, -0.25) is 0 Å². The minimum Gasteiger partial charge on any atom is -0.440 e. The van der Waals surface area contributed by atoms with Crippen molar-refractivity contribution in [3.63, 3.8) is 0 Å². The maximum atomic E-state index is 9.80. The summed E-state index contributed by atoms with van der Waals surface area (Å²) in [6, 6.07) is 23.8. The van der Waals surface area contributed by atoms with E-state index in [9.17, 15) is 5.26 Å². The average molecular weight is 384 g/mol. The molecule has 4 nitrogen and oxygen atoms in total. The number of allylic oxidation sites excluding steroid dienone is 1. The highest BCUT2D eigenvalue weighted by molar-refractivity contribution is 6.30. The van der Waals surface area contributed by atoms with E-state index >= 15 is 0 Å². The molecule has 4 aromatic rings. The first-order chi connectivity index (χ1) is 13.7. The highest BCUT2D eigenvalue weighted by Gasteiger charge is 2.33. The second kappa shape index (κ2) is 6.26. The van der Waals surface area contributed by atoms with Gasteiger partial charge in [0.25, 0.3) is 0 Å². The molecule has 0 spiro atoms. The summed E-state index contributed by atoms with van der Waals surface area (Å²) in [5.41, 5.74) is 8.88. The van der Waals surface area contributed by atoms with Crippen LogP contribution < -0.4 is 10.5 Å². The minimum atomic E-state index is -0.442. The third-order valence-electron chi connectivity index (χ3n) is 5.12. The number of pyridine rings is 1. The minimum absolute atomic E-state index is 0.0978. The van der Waals surface area contributed by atoms with Crippen molar-refractivity contribution in [1.82, 2.24) is 4.98 Å². The summed E-state index contributed by atoms with van der Waals surface area (Å²) in [5.74, 6) is 0.312. The standard InChI is InChI=1S/C23H14ClN3O/c24-22-17(11-14-6-2-4-8-19(14)27-22)20-16-10-9-13-5-1-3-7-15(13)21(16)28-23(26)18(20)12-25/h1-11,20H,26H2. The Balaban J connectivity index is 1.83. The second-order valence-electron chi connectivity index (χ2n) is 6.69. The first kappa shape index (κ1) is 16.6. The van der Waals surface area contributed by atoms with Crippen molar-refractivity contribution in [2.75, 3.05) is 0 Å². The number of para-hydroxylation sites is 1. The molecule has 5 heteroatoms. The van der Waals surface area contributed by atoms with E-state index in [1.165, 1.54) is 0 Å². The Morgan fingerprint density at radius 3 is 2.54 bits per heavy atom. The summed E-state index contributed by atoms with van der Waals surface area (Å²) < 4.78 is 5.90. The van der Waals surface area contributed by atoms with E-state index < -0.39 is 5.92 Å². The van der Waals surface area contributed by atoms with Crippen LogP contribution in [0.15, 0.2) is 78.2 Å². The third kappa shape index (κ3) is 2.41. The molecule has 28 heavy (non-hydrogen) atoms. The van der Waals surface area contributed by atoms with Gasteiger partial charge >= 0.3 is 0 Å². The Bertz CT molecular complexity index is 1340. The molecular weight excluding hydrogens is 370 g/mol. The summed E-state index contributed by atoms with van der Waals surface area (Å²) in [4.78, 5) is 4.53. The lowest BCUT2D eigenvalue weighted by atomic mass is 9.82. The molecular formula is C23H14ClN3O. The molecule has 0 fully saturated rings. The van der Waals surface area contributed by atoms with Crippen LogP contribution in [0.25, 0.3) is 21.7 Å². The Hall–Kier alpha value is -3.55. The lowest BCUT2D eigenvalue weighted by Gasteiger charge is -2.28. The molecule has 3 aromatic carbocycles. The molecule has 0 amide bonds. The van der Waals surface area contributed by atoms with Crippen LogP contribution in [0.5, 0.6) is 5.75 Å².